The molecule has 0 radical (unpaired) electrons. The lowest BCUT2D eigenvalue weighted by Gasteiger charge is -2.30. The molecule has 0 saturated heterocycles. The Balaban J connectivity index is 2.20. The predicted molar refractivity (Wildman–Crippen MR) is 101 cm³/mol. The fourth-order valence-corrected chi connectivity index (χ4v) is 2.54. The van der Waals surface area contributed by atoms with Crippen molar-refractivity contribution in [3.63, 3.8) is 0 Å². The lowest BCUT2D eigenvalue weighted by Crippen LogP contribution is -2.61. The molecule has 0 saturated carbocycles. The van der Waals surface area contributed by atoms with Crippen LogP contribution < -0.4 is 16.5 Å². The SMILES string of the molecule is C[C@@](O)(C(F)F)[C@H](NC(=O)c1ccc(-c2ccc(C(=N)N)cc2)cc1)C(=O)NO. The zero-order valence-corrected chi connectivity index (χ0v) is 15.3. The largest absolute Gasteiger partial charge is 0.384 e. The van der Waals surface area contributed by atoms with Crippen LogP contribution in [0.5, 0.6) is 0 Å². The molecule has 0 aliphatic rings. The molecule has 7 N–H and O–H groups in total. The topological polar surface area (TPSA) is 149 Å². The summed E-state index contributed by atoms with van der Waals surface area (Å²) in [6, 6.07) is 10.8. The van der Waals surface area contributed by atoms with Crippen LogP contribution in [0.1, 0.15) is 22.8 Å². The number of hydroxylamine groups is 1. The fraction of sp³-hybridized carbons (Fsp3) is 0.211. The number of halogens is 2. The Morgan fingerprint density at radius 1 is 1.03 bits per heavy atom. The lowest BCUT2D eigenvalue weighted by atomic mass is 9.95. The van der Waals surface area contributed by atoms with Crippen LogP contribution in [0.2, 0.25) is 0 Å². The molecule has 10 heteroatoms. The summed E-state index contributed by atoms with van der Waals surface area (Å²) in [6.45, 7) is 0.672. The Labute approximate surface area is 164 Å². The van der Waals surface area contributed by atoms with Crippen molar-refractivity contribution in [1.29, 1.82) is 5.41 Å². The van der Waals surface area contributed by atoms with E-state index in [9.17, 15) is 23.5 Å². The minimum atomic E-state index is -3.36. The van der Waals surface area contributed by atoms with Crippen molar-refractivity contribution in [2.75, 3.05) is 0 Å². The molecule has 2 rings (SSSR count). The van der Waals surface area contributed by atoms with Gasteiger partial charge in [0.25, 0.3) is 18.2 Å². The van der Waals surface area contributed by atoms with E-state index in [0.717, 1.165) is 16.6 Å². The molecule has 0 spiro atoms. The highest BCUT2D eigenvalue weighted by molar-refractivity contribution is 5.98. The van der Waals surface area contributed by atoms with Gasteiger partial charge >= 0.3 is 0 Å². The number of hydrogen-bond acceptors (Lipinski definition) is 5. The van der Waals surface area contributed by atoms with E-state index in [4.69, 9.17) is 16.4 Å². The molecule has 0 aliphatic carbocycles. The molecule has 2 amide bonds. The first-order valence-electron chi connectivity index (χ1n) is 8.38. The highest BCUT2D eigenvalue weighted by atomic mass is 19.3. The summed E-state index contributed by atoms with van der Waals surface area (Å²) >= 11 is 0. The van der Waals surface area contributed by atoms with Crippen LogP contribution in [0.15, 0.2) is 48.5 Å². The summed E-state index contributed by atoms with van der Waals surface area (Å²) in [5.74, 6) is -2.34. The van der Waals surface area contributed by atoms with Crippen LogP contribution in [0, 0.1) is 5.41 Å². The van der Waals surface area contributed by atoms with Crippen molar-refractivity contribution in [1.82, 2.24) is 10.8 Å². The Morgan fingerprint density at radius 2 is 1.48 bits per heavy atom. The van der Waals surface area contributed by atoms with Crippen LogP contribution in [-0.4, -0.2) is 46.0 Å². The van der Waals surface area contributed by atoms with Crippen molar-refractivity contribution >= 4 is 17.6 Å². The van der Waals surface area contributed by atoms with Crippen molar-refractivity contribution in [3.05, 3.63) is 59.7 Å². The van der Waals surface area contributed by atoms with Gasteiger partial charge in [0.05, 0.1) is 0 Å². The number of rotatable bonds is 7. The Hall–Kier alpha value is -3.37. The van der Waals surface area contributed by atoms with Crippen LogP contribution in [0.25, 0.3) is 11.1 Å². The van der Waals surface area contributed by atoms with Crippen molar-refractivity contribution in [2.45, 2.75) is 25.0 Å². The first-order valence-corrected chi connectivity index (χ1v) is 8.38. The number of nitrogen functional groups attached to an aromatic ring is 1. The van der Waals surface area contributed by atoms with Crippen LogP contribution in [0.3, 0.4) is 0 Å². The zero-order valence-electron chi connectivity index (χ0n) is 15.3. The van der Waals surface area contributed by atoms with Crippen molar-refractivity contribution in [3.8, 4) is 11.1 Å². The Kier molecular flexibility index (Phi) is 6.62. The number of hydrogen-bond donors (Lipinski definition) is 6. The minimum Gasteiger partial charge on any atom is -0.384 e. The van der Waals surface area contributed by atoms with Crippen LogP contribution in [-0.2, 0) is 4.79 Å². The number of amides is 2. The third-order valence-electron chi connectivity index (χ3n) is 4.35. The summed E-state index contributed by atoms with van der Waals surface area (Å²) < 4.78 is 26.1. The van der Waals surface area contributed by atoms with E-state index in [1.807, 2.05) is 5.32 Å². The molecule has 8 nitrogen and oxygen atoms in total. The Bertz CT molecular complexity index is 899. The molecule has 2 atom stereocenters. The number of amidine groups is 1. The van der Waals surface area contributed by atoms with Crippen LogP contribution >= 0.6 is 0 Å². The maximum atomic E-state index is 13.0. The number of benzene rings is 2. The van der Waals surface area contributed by atoms with E-state index in [1.54, 1.807) is 36.4 Å². The monoisotopic (exact) mass is 406 g/mol. The molecule has 2 aromatic carbocycles. The Morgan fingerprint density at radius 3 is 1.86 bits per heavy atom. The number of alkyl halides is 2. The van der Waals surface area contributed by atoms with E-state index in [1.165, 1.54) is 12.1 Å². The summed E-state index contributed by atoms with van der Waals surface area (Å²) in [4.78, 5) is 24.0. The normalized spacial score (nSPS) is 14.0. The molecule has 0 bridgehead atoms. The molecular weight excluding hydrogens is 386 g/mol. The molecule has 0 unspecified atom stereocenters. The molecule has 0 heterocycles. The van der Waals surface area contributed by atoms with Crippen molar-refractivity contribution in [2.24, 2.45) is 5.73 Å². The fourth-order valence-electron chi connectivity index (χ4n) is 2.54. The van der Waals surface area contributed by atoms with Gasteiger partial charge in [0, 0.05) is 11.1 Å². The number of nitrogens with two attached hydrogens (primary N) is 1. The number of carbonyl (C=O) groups excluding carboxylic acids is 2. The summed E-state index contributed by atoms with van der Waals surface area (Å²) in [7, 11) is 0. The second-order valence-corrected chi connectivity index (χ2v) is 6.48. The maximum Gasteiger partial charge on any atom is 0.269 e. The molecule has 0 aliphatic heterocycles. The minimum absolute atomic E-state index is 0.0508. The zero-order chi connectivity index (χ0) is 21.8. The third-order valence-corrected chi connectivity index (χ3v) is 4.35. The molecular formula is C19H20F2N4O4. The van der Waals surface area contributed by atoms with Gasteiger partial charge in [-0.25, -0.2) is 14.3 Å². The average molecular weight is 406 g/mol. The standard InChI is InChI=1S/C19H20F2N4O4/c1-19(28,18(20)21)14(17(27)25-29)24-16(26)13-8-4-11(5-9-13)10-2-6-12(7-3-10)15(22)23/h2-9,14,18,28-29H,1H3,(H3,22,23)(H,24,26)(H,25,27)/t14-,19+/m1/s1. The molecule has 29 heavy (non-hydrogen) atoms. The second-order valence-electron chi connectivity index (χ2n) is 6.48. The highest BCUT2D eigenvalue weighted by Gasteiger charge is 2.46. The lowest BCUT2D eigenvalue weighted by molar-refractivity contribution is -0.149. The second kappa shape index (κ2) is 8.76. The van der Waals surface area contributed by atoms with Gasteiger partial charge in [0.1, 0.15) is 11.9 Å². The van der Waals surface area contributed by atoms with E-state index in [2.05, 4.69) is 0 Å². The van der Waals surface area contributed by atoms with Gasteiger partial charge in [-0.1, -0.05) is 36.4 Å². The van der Waals surface area contributed by atoms with E-state index >= 15 is 0 Å². The smallest absolute Gasteiger partial charge is 0.269 e. The van der Waals surface area contributed by atoms with Gasteiger partial charge in [-0.2, -0.15) is 0 Å². The third kappa shape index (κ3) is 4.92. The maximum absolute atomic E-state index is 13.0. The molecule has 154 valence electrons. The van der Waals surface area contributed by atoms with Gasteiger partial charge < -0.3 is 16.2 Å². The number of carbonyl (C=O) groups is 2. The van der Waals surface area contributed by atoms with Crippen molar-refractivity contribution < 1.29 is 28.7 Å². The molecule has 0 fully saturated rings. The predicted octanol–water partition coefficient (Wildman–Crippen LogP) is 1.26. The van der Waals surface area contributed by atoms with Gasteiger partial charge in [-0.3, -0.25) is 20.2 Å². The quantitative estimate of drug-likeness (QED) is 0.177. The molecule has 2 aromatic rings. The summed E-state index contributed by atoms with van der Waals surface area (Å²) in [6.07, 6.45) is -3.36. The number of aliphatic hydroxyl groups is 1. The van der Waals surface area contributed by atoms with Gasteiger partial charge in [-0.05, 0) is 30.2 Å². The van der Waals surface area contributed by atoms with E-state index in [0.29, 0.717) is 12.5 Å². The summed E-state index contributed by atoms with van der Waals surface area (Å²) in [5, 5.41) is 28.0. The molecule has 0 aromatic heterocycles. The average Bonchev–Trinajstić information content (AvgIpc) is 2.71. The number of nitrogens with one attached hydrogen (secondary N) is 3. The first-order chi connectivity index (χ1) is 13.6. The summed E-state index contributed by atoms with van der Waals surface area (Å²) in [5.41, 5.74) is 5.80. The van der Waals surface area contributed by atoms with Gasteiger partial charge in [0.2, 0.25) is 0 Å². The highest BCUT2D eigenvalue weighted by Crippen LogP contribution is 2.22. The van der Waals surface area contributed by atoms with Crippen LogP contribution in [0.4, 0.5) is 8.78 Å². The first kappa shape index (κ1) is 21.9. The van der Waals surface area contributed by atoms with E-state index in [-0.39, 0.29) is 11.4 Å². The van der Waals surface area contributed by atoms with Gasteiger partial charge in [-0.15, -0.1) is 0 Å². The van der Waals surface area contributed by atoms with Gasteiger partial charge in [0.15, 0.2) is 5.60 Å². The van der Waals surface area contributed by atoms with E-state index < -0.39 is 29.9 Å².